The van der Waals surface area contributed by atoms with Crippen LogP contribution in [0.3, 0.4) is 0 Å². The molecule has 0 bridgehead atoms. The lowest BCUT2D eigenvalue weighted by atomic mass is 9.77. The highest BCUT2D eigenvalue weighted by Crippen LogP contribution is 2.42. The van der Waals surface area contributed by atoms with Gasteiger partial charge in [-0.1, -0.05) is 31.2 Å². The molecular weight excluding hydrogens is 436 g/mol. The van der Waals surface area contributed by atoms with E-state index in [2.05, 4.69) is 87.3 Å². The summed E-state index contributed by atoms with van der Waals surface area (Å²) in [7, 11) is 5.33. The zero-order valence-electron chi connectivity index (χ0n) is 20.9. The second-order valence-electron chi connectivity index (χ2n) is 10.6. The van der Waals surface area contributed by atoms with E-state index in [1.807, 2.05) is 0 Å². The van der Waals surface area contributed by atoms with E-state index >= 15 is 0 Å². The predicted octanol–water partition coefficient (Wildman–Crippen LogP) is 4.70. The molecular formula is C27H29B2N3O3. The van der Waals surface area contributed by atoms with Crippen molar-refractivity contribution in [1.82, 2.24) is 15.2 Å². The number of rotatable bonds is 4. The van der Waals surface area contributed by atoms with Gasteiger partial charge in [0, 0.05) is 10.9 Å². The molecule has 3 heterocycles. The maximum absolute atomic E-state index is 6.26. The van der Waals surface area contributed by atoms with Crippen molar-refractivity contribution in [3.05, 3.63) is 53.9 Å². The first-order chi connectivity index (χ1) is 16.7. The summed E-state index contributed by atoms with van der Waals surface area (Å²) in [5, 5.41) is 5.02. The Balaban J connectivity index is 1.40. The minimum Gasteiger partial charge on any atom is -0.488 e. The number of hydrogen-bond donors (Lipinski definition) is 2. The second-order valence-corrected chi connectivity index (χ2v) is 10.6. The Hall–Kier alpha value is -2.80. The van der Waals surface area contributed by atoms with Crippen LogP contribution >= 0.6 is 0 Å². The van der Waals surface area contributed by atoms with E-state index < -0.39 is 0 Å². The lowest BCUT2D eigenvalue weighted by Gasteiger charge is -2.32. The summed E-state index contributed by atoms with van der Waals surface area (Å²) in [6.07, 6.45) is 0.845. The van der Waals surface area contributed by atoms with Crippen LogP contribution in [0, 0.1) is 0 Å². The van der Waals surface area contributed by atoms with Gasteiger partial charge in [0.25, 0.3) is 0 Å². The molecule has 1 unspecified atom stereocenters. The molecule has 0 saturated carbocycles. The third-order valence-electron chi connectivity index (χ3n) is 7.85. The number of aromatic amines is 1. The highest BCUT2D eigenvalue weighted by molar-refractivity contribution is 6.62. The SMILES string of the molecule is [B]NC(CC)c1nc2c(ccc3cc4c(cc32)OCc2cc(B3OC(C)(C)C(C)(C)O3)ccc2-4)[nH]1. The molecule has 4 aromatic rings. The number of imidazole rings is 1. The van der Waals surface area contributed by atoms with Gasteiger partial charge in [0.2, 0.25) is 0 Å². The van der Waals surface area contributed by atoms with Gasteiger partial charge < -0.3 is 24.3 Å². The van der Waals surface area contributed by atoms with Gasteiger partial charge in [0.1, 0.15) is 18.2 Å². The fraction of sp³-hybridized carbons (Fsp3) is 0.370. The zero-order valence-corrected chi connectivity index (χ0v) is 20.9. The van der Waals surface area contributed by atoms with Crippen LogP contribution in [0.25, 0.3) is 32.9 Å². The van der Waals surface area contributed by atoms with Gasteiger partial charge >= 0.3 is 7.12 Å². The molecule has 1 saturated heterocycles. The Morgan fingerprint density at radius 2 is 1.83 bits per heavy atom. The summed E-state index contributed by atoms with van der Waals surface area (Å²) in [6, 6.07) is 14.9. The number of nitrogens with zero attached hydrogens (tertiary/aromatic N) is 1. The molecule has 3 aromatic carbocycles. The van der Waals surface area contributed by atoms with E-state index in [0.29, 0.717) is 6.61 Å². The lowest BCUT2D eigenvalue weighted by Crippen LogP contribution is -2.41. The number of hydrogen-bond acceptors (Lipinski definition) is 5. The molecule has 6 rings (SSSR count). The number of benzene rings is 3. The first-order valence-corrected chi connectivity index (χ1v) is 12.2. The van der Waals surface area contributed by atoms with Crippen molar-refractivity contribution < 1.29 is 14.0 Å². The third kappa shape index (κ3) is 3.50. The normalized spacial score (nSPS) is 18.9. The minimum atomic E-state index is -0.389. The van der Waals surface area contributed by atoms with Crippen molar-refractivity contribution in [2.24, 2.45) is 0 Å². The van der Waals surface area contributed by atoms with Crippen LogP contribution in [0.5, 0.6) is 5.75 Å². The van der Waals surface area contributed by atoms with Gasteiger partial charge in [0.15, 0.2) is 7.98 Å². The molecule has 0 amide bonds. The Morgan fingerprint density at radius 1 is 1.06 bits per heavy atom. The number of aromatic nitrogens is 2. The van der Waals surface area contributed by atoms with Crippen molar-refractivity contribution >= 4 is 42.4 Å². The van der Waals surface area contributed by atoms with Crippen LogP contribution in [0.15, 0.2) is 42.5 Å². The molecule has 0 aliphatic carbocycles. The molecule has 1 atom stereocenters. The van der Waals surface area contributed by atoms with E-state index in [-0.39, 0.29) is 24.4 Å². The molecule has 35 heavy (non-hydrogen) atoms. The Morgan fingerprint density at radius 3 is 2.54 bits per heavy atom. The molecule has 2 aliphatic heterocycles. The molecule has 2 N–H and O–H groups in total. The standard InChI is InChI=1S/C27H29B2N3O3/c1-6-21(32-28)25-30-22-10-7-15-12-20-18-9-8-17(29-34-26(2,3)27(4,5)35-29)11-16(18)14-33-23(20)13-19(15)24(22)31-25/h7-13,21,32H,6,14H2,1-5H3,(H,30,31). The number of ether oxygens (including phenoxy) is 1. The van der Waals surface area contributed by atoms with Gasteiger partial charge in [-0.25, -0.2) is 4.98 Å². The summed E-state index contributed by atoms with van der Waals surface area (Å²) < 4.78 is 18.8. The highest BCUT2D eigenvalue weighted by atomic mass is 16.7. The smallest absolute Gasteiger partial charge is 0.488 e. The fourth-order valence-corrected chi connectivity index (χ4v) is 5.01. The van der Waals surface area contributed by atoms with Crippen LogP contribution in [0.2, 0.25) is 0 Å². The van der Waals surface area contributed by atoms with E-state index in [9.17, 15) is 0 Å². The van der Waals surface area contributed by atoms with Gasteiger partial charge in [0.05, 0.1) is 28.3 Å². The van der Waals surface area contributed by atoms with Crippen LogP contribution in [-0.4, -0.2) is 36.3 Å². The van der Waals surface area contributed by atoms with E-state index in [1.54, 1.807) is 0 Å². The van der Waals surface area contributed by atoms with Crippen molar-refractivity contribution in [1.29, 1.82) is 0 Å². The molecule has 176 valence electrons. The van der Waals surface area contributed by atoms with Crippen LogP contribution in [0.4, 0.5) is 0 Å². The predicted molar refractivity (Wildman–Crippen MR) is 141 cm³/mol. The van der Waals surface area contributed by atoms with Crippen molar-refractivity contribution in [2.75, 3.05) is 0 Å². The third-order valence-corrected chi connectivity index (χ3v) is 7.85. The Labute approximate surface area is 207 Å². The quantitative estimate of drug-likeness (QED) is 0.428. The van der Waals surface area contributed by atoms with Gasteiger partial charge in [-0.2, -0.15) is 0 Å². The minimum absolute atomic E-state index is 0.0172. The molecule has 0 spiro atoms. The summed E-state index contributed by atoms with van der Waals surface area (Å²) in [4.78, 5) is 8.29. The summed E-state index contributed by atoms with van der Waals surface area (Å²) in [5.41, 5.74) is 5.59. The number of nitrogens with one attached hydrogen (secondary N) is 2. The lowest BCUT2D eigenvalue weighted by molar-refractivity contribution is 0.00578. The highest BCUT2D eigenvalue weighted by Gasteiger charge is 2.51. The summed E-state index contributed by atoms with van der Waals surface area (Å²) in [5.74, 6) is 1.71. The first-order valence-electron chi connectivity index (χ1n) is 12.2. The zero-order chi connectivity index (χ0) is 24.5. The van der Waals surface area contributed by atoms with Crippen LogP contribution in [-0.2, 0) is 15.9 Å². The summed E-state index contributed by atoms with van der Waals surface area (Å²) in [6.45, 7) is 10.9. The van der Waals surface area contributed by atoms with Crippen LogP contribution in [0.1, 0.15) is 58.5 Å². The largest absolute Gasteiger partial charge is 0.494 e. The van der Waals surface area contributed by atoms with E-state index in [1.165, 1.54) is 5.56 Å². The maximum atomic E-state index is 6.26. The average Bonchev–Trinajstić information content (AvgIpc) is 3.36. The molecule has 2 radical (unpaired) electrons. The van der Waals surface area contributed by atoms with Crippen LogP contribution < -0.4 is 15.4 Å². The molecule has 1 aromatic heterocycles. The number of H-pyrrole nitrogens is 1. The van der Waals surface area contributed by atoms with Gasteiger partial charge in [-0.15, -0.1) is 0 Å². The van der Waals surface area contributed by atoms with Gasteiger partial charge in [-0.3, -0.25) is 0 Å². The Kier molecular flexibility index (Phi) is 5.08. The van der Waals surface area contributed by atoms with Gasteiger partial charge in [-0.05, 0) is 74.3 Å². The maximum Gasteiger partial charge on any atom is 0.494 e. The van der Waals surface area contributed by atoms with Crippen molar-refractivity contribution in [3.8, 4) is 16.9 Å². The van der Waals surface area contributed by atoms with E-state index in [4.69, 9.17) is 27.0 Å². The Bertz CT molecular complexity index is 1440. The van der Waals surface area contributed by atoms with Crippen molar-refractivity contribution in [3.63, 3.8) is 0 Å². The fourth-order valence-electron chi connectivity index (χ4n) is 5.01. The number of fused-ring (bicyclic) bond motifs is 6. The topological polar surface area (TPSA) is 68.4 Å². The first kappa shape index (κ1) is 22.7. The monoisotopic (exact) mass is 465 g/mol. The second kappa shape index (κ2) is 7.85. The van der Waals surface area contributed by atoms with Crippen molar-refractivity contribution in [2.45, 2.75) is 64.9 Å². The average molecular weight is 465 g/mol. The summed E-state index contributed by atoms with van der Waals surface area (Å²) >= 11 is 0. The molecule has 1 fully saturated rings. The van der Waals surface area contributed by atoms with E-state index in [0.717, 1.165) is 56.4 Å². The molecule has 8 heteroatoms. The molecule has 6 nitrogen and oxygen atoms in total. The molecule has 2 aliphatic rings.